The van der Waals surface area contributed by atoms with E-state index < -0.39 is 5.97 Å². The van der Waals surface area contributed by atoms with Crippen LogP contribution in [0.5, 0.6) is 0 Å². The Balaban J connectivity index is 2.02. The van der Waals surface area contributed by atoms with Crippen LogP contribution >= 0.6 is 0 Å². The van der Waals surface area contributed by atoms with Crippen molar-refractivity contribution < 1.29 is 19.1 Å². The summed E-state index contributed by atoms with van der Waals surface area (Å²) in [4.78, 5) is 23.0. The third-order valence-electron chi connectivity index (χ3n) is 3.95. The molecule has 0 aliphatic heterocycles. The van der Waals surface area contributed by atoms with E-state index in [1.807, 2.05) is 0 Å². The van der Waals surface area contributed by atoms with Crippen molar-refractivity contribution in [2.45, 2.75) is 46.0 Å². The minimum atomic E-state index is -1.00. The van der Waals surface area contributed by atoms with Crippen molar-refractivity contribution in [2.75, 3.05) is 6.54 Å². The highest BCUT2D eigenvalue weighted by molar-refractivity contribution is 5.97. The Bertz CT molecular complexity index is 514. The van der Waals surface area contributed by atoms with Gasteiger partial charge in [-0.25, -0.2) is 0 Å². The van der Waals surface area contributed by atoms with E-state index in [-0.39, 0.29) is 23.5 Å². The zero-order chi connectivity index (χ0) is 14.8. The van der Waals surface area contributed by atoms with Crippen molar-refractivity contribution in [3.8, 4) is 0 Å². The summed E-state index contributed by atoms with van der Waals surface area (Å²) in [7, 11) is 0. The first-order valence-electron chi connectivity index (χ1n) is 7.04. The largest absolute Gasteiger partial charge is 0.481 e. The fourth-order valence-corrected chi connectivity index (χ4v) is 2.65. The maximum absolute atomic E-state index is 12.2. The highest BCUT2D eigenvalue weighted by Crippen LogP contribution is 2.48. The van der Waals surface area contributed by atoms with E-state index in [1.54, 1.807) is 6.92 Å². The summed E-state index contributed by atoms with van der Waals surface area (Å²) in [6.07, 6.45) is 5.73. The van der Waals surface area contributed by atoms with E-state index in [0.29, 0.717) is 17.7 Å². The molecule has 1 aliphatic rings. The van der Waals surface area contributed by atoms with Crippen LogP contribution in [0, 0.1) is 12.3 Å². The first kappa shape index (κ1) is 14.6. The molecular weight excluding hydrogens is 258 g/mol. The molecule has 5 nitrogen and oxygen atoms in total. The minimum absolute atomic E-state index is 0.227. The van der Waals surface area contributed by atoms with Crippen molar-refractivity contribution in [1.82, 2.24) is 5.32 Å². The molecule has 5 heteroatoms. The average Bonchev–Trinajstić information content (AvgIpc) is 3.05. The first-order chi connectivity index (χ1) is 9.47. The molecule has 0 spiro atoms. The monoisotopic (exact) mass is 279 g/mol. The average molecular weight is 279 g/mol. The highest BCUT2D eigenvalue weighted by Gasteiger charge is 2.41. The predicted molar refractivity (Wildman–Crippen MR) is 73.7 cm³/mol. The molecule has 0 unspecified atom stereocenters. The lowest BCUT2D eigenvalue weighted by molar-refractivity contribution is -0.136. The van der Waals surface area contributed by atoms with E-state index >= 15 is 0 Å². The third-order valence-corrected chi connectivity index (χ3v) is 3.95. The van der Waals surface area contributed by atoms with Crippen LogP contribution in [0.15, 0.2) is 10.7 Å². The maximum atomic E-state index is 12.2. The van der Waals surface area contributed by atoms with Crippen LogP contribution in [0.4, 0.5) is 0 Å². The molecule has 0 saturated heterocycles. The van der Waals surface area contributed by atoms with Gasteiger partial charge >= 0.3 is 5.97 Å². The smallest absolute Gasteiger partial charge is 0.311 e. The number of nitrogens with one attached hydrogen (secondary N) is 1. The Morgan fingerprint density at radius 2 is 2.15 bits per heavy atom. The molecule has 2 rings (SSSR count). The number of carboxylic acids is 1. The lowest BCUT2D eigenvalue weighted by Gasteiger charge is -2.15. The summed E-state index contributed by atoms with van der Waals surface area (Å²) in [5.41, 5.74) is 1.33. The Morgan fingerprint density at radius 1 is 1.45 bits per heavy atom. The summed E-state index contributed by atoms with van der Waals surface area (Å²) < 4.78 is 5.18. The van der Waals surface area contributed by atoms with Crippen LogP contribution in [0.3, 0.4) is 0 Å². The molecule has 0 aromatic carbocycles. The van der Waals surface area contributed by atoms with E-state index in [0.717, 1.165) is 25.7 Å². The molecule has 1 fully saturated rings. The zero-order valence-corrected chi connectivity index (χ0v) is 12.0. The molecule has 0 radical (unpaired) electrons. The second-order valence-corrected chi connectivity index (χ2v) is 5.72. The second-order valence-electron chi connectivity index (χ2n) is 5.72. The number of rotatable bonds is 7. The summed E-state index contributed by atoms with van der Waals surface area (Å²) in [6.45, 7) is 4.56. The van der Waals surface area contributed by atoms with Gasteiger partial charge in [-0.3, -0.25) is 9.59 Å². The van der Waals surface area contributed by atoms with Gasteiger partial charge in [0.15, 0.2) is 0 Å². The SMILES string of the molecule is CCCC1(CNC(=O)c2c(C)coc2CC(=O)O)CC1. The number of carboxylic acid groups (broad SMARTS) is 1. The predicted octanol–water partition coefficient (Wildman–Crippen LogP) is 2.53. The molecule has 1 aromatic heterocycles. The number of aryl methyl sites for hydroxylation is 1. The van der Waals surface area contributed by atoms with Crippen LogP contribution in [0.25, 0.3) is 0 Å². The van der Waals surface area contributed by atoms with E-state index in [9.17, 15) is 9.59 Å². The Hall–Kier alpha value is -1.78. The third kappa shape index (κ3) is 3.21. The minimum Gasteiger partial charge on any atom is -0.481 e. The molecule has 20 heavy (non-hydrogen) atoms. The molecule has 0 atom stereocenters. The van der Waals surface area contributed by atoms with Crippen LogP contribution in [0.1, 0.15) is 54.3 Å². The van der Waals surface area contributed by atoms with Crippen molar-refractivity contribution in [3.05, 3.63) is 23.2 Å². The van der Waals surface area contributed by atoms with Gasteiger partial charge in [-0.15, -0.1) is 0 Å². The van der Waals surface area contributed by atoms with Gasteiger partial charge in [-0.05, 0) is 31.6 Å². The van der Waals surface area contributed by atoms with Gasteiger partial charge in [-0.1, -0.05) is 13.3 Å². The van der Waals surface area contributed by atoms with Gasteiger partial charge in [0.25, 0.3) is 5.91 Å². The molecule has 1 amide bonds. The van der Waals surface area contributed by atoms with Crippen LogP contribution in [-0.2, 0) is 11.2 Å². The number of carbonyl (C=O) groups is 2. The molecule has 1 aromatic rings. The molecule has 1 aliphatic carbocycles. The number of hydrogen-bond acceptors (Lipinski definition) is 3. The fraction of sp³-hybridized carbons (Fsp3) is 0.600. The topological polar surface area (TPSA) is 79.5 Å². The number of furan rings is 1. The lowest BCUT2D eigenvalue weighted by Crippen LogP contribution is -2.31. The Morgan fingerprint density at radius 3 is 2.70 bits per heavy atom. The molecule has 110 valence electrons. The van der Waals surface area contributed by atoms with Crippen molar-refractivity contribution in [2.24, 2.45) is 5.41 Å². The molecule has 0 bridgehead atoms. The van der Waals surface area contributed by atoms with Crippen molar-refractivity contribution in [1.29, 1.82) is 0 Å². The van der Waals surface area contributed by atoms with E-state index in [2.05, 4.69) is 12.2 Å². The van der Waals surface area contributed by atoms with Crippen molar-refractivity contribution in [3.63, 3.8) is 0 Å². The van der Waals surface area contributed by atoms with Gasteiger partial charge in [0.05, 0.1) is 11.8 Å². The number of aliphatic carboxylic acids is 1. The van der Waals surface area contributed by atoms with Crippen LogP contribution in [0.2, 0.25) is 0 Å². The van der Waals surface area contributed by atoms with Crippen molar-refractivity contribution >= 4 is 11.9 Å². The molecule has 2 N–H and O–H groups in total. The van der Waals surface area contributed by atoms with Gasteiger partial charge in [0, 0.05) is 12.1 Å². The summed E-state index contributed by atoms with van der Waals surface area (Å²) in [5, 5.41) is 11.8. The summed E-state index contributed by atoms with van der Waals surface area (Å²) in [5.74, 6) is -0.999. The normalized spacial score (nSPS) is 15.9. The molecule has 1 saturated carbocycles. The number of hydrogen-bond donors (Lipinski definition) is 2. The van der Waals surface area contributed by atoms with E-state index in [4.69, 9.17) is 9.52 Å². The number of amides is 1. The molecule has 1 heterocycles. The Kier molecular flexibility index (Phi) is 4.16. The van der Waals surface area contributed by atoms with Gasteiger partial charge in [0.2, 0.25) is 0 Å². The lowest BCUT2D eigenvalue weighted by atomic mass is 10.0. The maximum Gasteiger partial charge on any atom is 0.311 e. The zero-order valence-electron chi connectivity index (χ0n) is 12.0. The second kappa shape index (κ2) is 5.69. The Labute approximate surface area is 118 Å². The van der Waals surface area contributed by atoms with Gasteiger partial charge < -0.3 is 14.8 Å². The van der Waals surface area contributed by atoms with E-state index in [1.165, 1.54) is 6.26 Å². The van der Waals surface area contributed by atoms with Crippen LogP contribution in [-0.4, -0.2) is 23.5 Å². The van der Waals surface area contributed by atoms with Gasteiger partial charge in [0.1, 0.15) is 12.2 Å². The molecular formula is C15H21NO4. The van der Waals surface area contributed by atoms with Gasteiger partial charge in [-0.2, -0.15) is 0 Å². The quantitative estimate of drug-likeness (QED) is 0.803. The summed E-state index contributed by atoms with van der Waals surface area (Å²) >= 11 is 0. The summed E-state index contributed by atoms with van der Waals surface area (Å²) in [6, 6.07) is 0. The number of carbonyl (C=O) groups excluding carboxylic acids is 1. The van der Waals surface area contributed by atoms with Crippen LogP contribution < -0.4 is 5.32 Å². The first-order valence-corrected chi connectivity index (χ1v) is 7.04. The highest BCUT2D eigenvalue weighted by atomic mass is 16.4. The fourth-order valence-electron chi connectivity index (χ4n) is 2.65. The standard InChI is InChI=1S/C15H21NO4/c1-3-4-15(5-6-15)9-16-14(19)13-10(2)8-20-11(13)7-12(17)18/h8H,3-7,9H2,1-2H3,(H,16,19)(H,17,18).